The number of carbonyl (C=O) groups excluding carboxylic acids is 2. The molecular weight excluding hydrogens is 156 g/mol. The first kappa shape index (κ1) is 11.1. The second-order valence-electron chi connectivity index (χ2n) is 2.66. The van der Waals surface area contributed by atoms with Gasteiger partial charge in [-0.2, -0.15) is 0 Å². The van der Waals surface area contributed by atoms with Crippen molar-refractivity contribution < 1.29 is 14.3 Å². The van der Waals surface area contributed by atoms with E-state index in [2.05, 4.69) is 0 Å². The van der Waals surface area contributed by atoms with E-state index in [1.54, 1.807) is 6.92 Å². The molecule has 70 valence electrons. The van der Waals surface area contributed by atoms with Crippen molar-refractivity contribution in [3.05, 3.63) is 0 Å². The molecule has 0 aliphatic rings. The number of hydrogen-bond acceptors (Lipinski definition) is 3. The van der Waals surface area contributed by atoms with Gasteiger partial charge in [0.15, 0.2) is 5.78 Å². The van der Waals surface area contributed by atoms with Gasteiger partial charge in [-0.15, -0.1) is 0 Å². The van der Waals surface area contributed by atoms with Crippen LogP contribution in [0.2, 0.25) is 0 Å². The van der Waals surface area contributed by atoms with Crippen molar-refractivity contribution in [1.82, 2.24) is 0 Å². The van der Waals surface area contributed by atoms with Crippen molar-refractivity contribution in [2.24, 2.45) is 0 Å². The molecule has 3 heteroatoms. The van der Waals surface area contributed by atoms with Crippen LogP contribution in [0.15, 0.2) is 0 Å². The van der Waals surface area contributed by atoms with Crippen LogP contribution in [0.5, 0.6) is 0 Å². The third-order valence-electron chi connectivity index (χ3n) is 1.52. The normalized spacial score (nSPS) is 9.50. The predicted molar refractivity (Wildman–Crippen MR) is 45.8 cm³/mol. The molecule has 0 N–H and O–H groups in total. The van der Waals surface area contributed by atoms with E-state index in [0.717, 1.165) is 12.8 Å². The van der Waals surface area contributed by atoms with Crippen LogP contribution in [0.25, 0.3) is 0 Å². The van der Waals surface area contributed by atoms with Crippen LogP contribution >= 0.6 is 0 Å². The highest BCUT2D eigenvalue weighted by Gasteiger charge is 2.04. The lowest BCUT2D eigenvalue weighted by molar-refractivity contribution is -0.148. The van der Waals surface area contributed by atoms with Crippen LogP contribution in [-0.4, -0.2) is 18.4 Å². The van der Waals surface area contributed by atoms with E-state index in [0.29, 0.717) is 12.8 Å². The second kappa shape index (κ2) is 6.83. The molecular formula is C9H16O3. The molecule has 3 nitrogen and oxygen atoms in total. The Hall–Kier alpha value is -0.860. The summed E-state index contributed by atoms with van der Waals surface area (Å²) < 4.78 is 4.71. The molecule has 0 heterocycles. The fraction of sp³-hybridized carbons (Fsp3) is 0.778. The maximum absolute atomic E-state index is 10.8. The Bertz CT molecular complexity index is 152. The fourth-order valence-corrected chi connectivity index (χ4v) is 0.656. The predicted octanol–water partition coefficient (Wildman–Crippen LogP) is 1.70. The Morgan fingerprint density at radius 1 is 1.25 bits per heavy atom. The van der Waals surface area contributed by atoms with E-state index in [1.165, 1.54) is 0 Å². The van der Waals surface area contributed by atoms with E-state index < -0.39 is 0 Å². The third kappa shape index (κ3) is 5.89. The first-order chi connectivity index (χ1) is 5.70. The van der Waals surface area contributed by atoms with Gasteiger partial charge in [-0.1, -0.05) is 20.3 Å². The summed E-state index contributed by atoms with van der Waals surface area (Å²) in [4.78, 5) is 21.6. The zero-order valence-corrected chi connectivity index (χ0v) is 7.76. The molecule has 0 atom stereocenters. The van der Waals surface area contributed by atoms with E-state index in [-0.39, 0.29) is 18.4 Å². The third-order valence-corrected chi connectivity index (χ3v) is 1.52. The zero-order valence-electron chi connectivity index (χ0n) is 7.76. The van der Waals surface area contributed by atoms with Gasteiger partial charge >= 0.3 is 5.97 Å². The first-order valence-electron chi connectivity index (χ1n) is 4.38. The van der Waals surface area contributed by atoms with Gasteiger partial charge < -0.3 is 4.74 Å². The highest BCUT2D eigenvalue weighted by molar-refractivity contribution is 5.82. The van der Waals surface area contributed by atoms with Crippen LogP contribution in [0, 0.1) is 0 Å². The number of carbonyl (C=O) groups is 2. The van der Waals surface area contributed by atoms with Gasteiger partial charge in [0.1, 0.15) is 6.61 Å². The number of rotatable bonds is 6. The minimum Gasteiger partial charge on any atom is -0.458 e. The number of Topliss-reactive ketones (excluding diaryl/α,β-unsaturated/α-hetero) is 1. The molecule has 0 aromatic heterocycles. The topological polar surface area (TPSA) is 43.4 Å². The summed E-state index contributed by atoms with van der Waals surface area (Å²) in [7, 11) is 0. The van der Waals surface area contributed by atoms with Crippen molar-refractivity contribution in [2.45, 2.75) is 39.5 Å². The smallest absolute Gasteiger partial charge is 0.306 e. The molecule has 0 fully saturated rings. The average Bonchev–Trinajstić information content (AvgIpc) is 2.10. The zero-order chi connectivity index (χ0) is 9.40. The summed E-state index contributed by atoms with van der Waals surface area (Å²) >= 11 is 0. The maximum Gasteiger partial charge on any atom is 0.306 e. The molecule has 0 saturated carbocycles. The van der Waals surface area contributed by atoms with Crippen molar-refractivity contribution in [3.63, 3.8) is 0 Å². The van der Waals surface area contributed by atoms with Crippen molar-refractivity contribution in [3.8, 4) is 0 Å². The lowest BCUT2D eigenvalue weighted by atomic mass is 10.2. The summed E-state index contributed by atoms with van der Waals surface area (Å²) in [6.07, 6.45) is 2.66. The minimum absolute atomic E-state index is 0.0279. The molecule has 0 aliphatic heterocycles. The number of hydrogen-bond donors (Lipinski definition) is 0. The molecule has 0 aliphatic carbocycles. The number of ether oxygens (including phenoxy) is 1. The molecule has 0 radical (unpaired) electrons. The molecule has 0 rings (SSSR count). The van der Waals surface area contributed by atoms with Gasteiger partial charge in [-0.3, -0.25) is 9.59 Å². The molecule has 0 aromatic carbocycles. The Morgan fingerprint density at radius 3 is 2.42 bits per heavy atom. The highest BCUT2D eigenvalue weighted by atomic mass is 16.5. The van der Waals surface area contributed by atoms with Crippen molar-refractivity contribution in [2.75, 3.05) is 6.61 Å². The van der Waals surface area contributed by atoms with Gasteiger partial charge in [0.05, 0.1) is 0 Å². The quantitative estimate of drug-likeness (QED) is 0.573. The fourth-order valence-electron chi connectivity index (χ4n) is 0.656. The lowest BCUT2D eigenvalue weighted by Crippen LogP contribution is -2.12. The Balaban J connectivity index is 3.37. The lowest BCUT2D eigenvalue weighted by Gasteiger charge is -2.01. The summed E-state index contributed by atoms with van der Waals surface area (Å²) in [5.74, 6) is -0.293. The maximum atomic E-state index is 10.8. The van der Waals surface area contributed by atoms with E-state index in [9.17, 15) is 9.59 Å². The molecule has 0 aromatic rings. The molecule has 0 amide bonds. The van der Waals surface area contributed by atoms with Gasteiger partial charge in [0.2, 0.25) is 0 Å². The van der Waals surface area contributed by atoms with Crippen LogP contribution in [-0.2, 0) is 14.3 Å². The van der Waals surface area contributed by atoms with E-state index in [4.69, 9.17) is 4.74 Å². The van der Waals surface area contributed by atoms with Gasteiger partial charge in [-0.25, -0.2) is 0 Å². The largest absolute Gasteiger partial charge is 0.458 e. The Kier molecular flexibility index (Phi) is 6.34. The number of esters is 1. The highest BCUT2D eigenvalue weighted by Crippen LogP contribution is 1.96. The molecule has 0 spiro atoms. The summed E-state index contributed by atoms with van der Waals surface area (Å²) in [5.41, 5.74) is 0. The van der Waals surface area contributed by atoms with Crippen LogP contribution < -0.4 is 0 Å². The summed E-state index contributed by atoms with van der Waals surface area (Å²) in [5, 5.41) is 0. The number of unbranched alkanes of at least 4 members (excludes halogenated alkanes) is 1. The summed E-state index contributed by atoms with van der Waals surface area (Å²) in [6, 6.07) is 0. The van der Waals surface area contributed by atoms with Gasteiger partial charge in [0.25, 0.3) is 0 Å². The van der Waals surface area contributed by atoms with Gasteiger partial charge in [0, 0.05) is 12.8 Å². The molecule has 0 bridgehead atoms. The van der Waals surface area contributed by atoms with Crippen LogP contribution in [0.4, 0.5) is 0 Å². The Morgan fingerprint density at radius 2 is 1.92 bits per heavy atom. The molecule has 12 heavy (non-hydrogen) atoms. The Labute approximate surface area is 73.1 Å². The molecule has 0 saturated heterocycles. The molecule has 0 unspecified atom stereocenters. The monoisotopic (exact) mass is 172 g/mol. The van der Waals surface area contributed by atoms with E-state index >= 15 is 0 Å². The van der Waals surface area contributed by atoms with E-state index in [1.807, 2.05) is 6.92 Å². The van der Waals surface area contributed by atoms with Gasteiger partial charge in [-0.05, 0) is 6.42 Å². The van der Waals surface area contributed by atoms with Crippen molar-refractivity contribution >= 4 is 11.8 Å². The number of ketones is 1. The van der Waals surface area contributed by atoms with Crippen LogP contribution in [0.1, 0.15) is 39.5 Å². The second-order valence-corrected chi connectivity index (χ2v) is 2.66. The van der Waals surface area contributed by atoms with Crippen LogP contribution in [0.3, 0.4) is 0 Å². The average molecular weight is 172 g/mol. The minimum atomic E-state index is -0.265. The first-order valence-corrected chi connectivity index (χ1v) is 4.38. The van der Waals surface area contributed by atoms with Crippen molar-refractivity contribution in [1.29, 1.82) is 0 Å². The SMILES string of the molecule is CCCCC(=O)OCC(=O)CC. The summed E-state index contributed by atoms with van der Waals surface area (Å²) in [6.45, 7) is 3.70. The standard InChI is InChI=1S/C9H16O3/c1-3-5-6-9(11)12-7-8(10)4-2/h3-7H2,1-2H3.